The van der Waals surface area contributed by atoms with E-state index in [0.717, 1.165) is 11.8 Å². The summed E-state index contributed by atoms with van der Waals surface area (Å²) in [7, 11) is 1.52. The van der Waals surface area contributed by atoms with Crippen molar-refractivity contribution in [3.63, 3.8) is 0 Å². The van der Waals surface area contributed by atoms with E-state index in [1.165, 1.54) is 7.11 Å². The number of carbonyl (C=O) groups is 1. The van der Waals surface area contributed by atoms with E-state index in [4.69, 9.17) is 4.74 Å². The Morgan fingerprint density at radius 3 is 2.79 bits per heavy atom. The van der Waals surface area contributed by atoms with Crippen LogP contribution in [0.2, 0.25) is 0 Å². The number of aliphatic hydroxyl groups excluding tert-OH is 1. The van der Waals surface area contributed by atoms with Gasteiger partial charge in [-0.3, -0.25) is 4.79 Å². The van der Waals surface area contributed by atoms with Gasteiger partial charge in [0.1, 0.15) is 5.75 Å². The Bertz CT molecular complexity index is 318. The smallest absolute Gasteiger partial charge is 0.153 e. The summed E-state index contributed by atoms with van der Waals surface area (Å²) < 4.78 is 5.00. The van der Waals surface area contributed by atoms with Gasteiger partial charge in [0.25, 0.3) is 0 Å². The quantitative estimate of drug-likeness (QED) is 0.737. The van der Waals surface area contributed by atoms with Gasteiger partial charge in [-0.25, -0.2) is 0 Å². The van der Waals surface area contributed by atoms with Crippen LogP contribution in [0.1, 0.15) is 22.8 Å². The minimum atomic E-state index is -0.400. The van der Waals surface area contributed by atoms with Crippen molar-refractivity contribution in [2.75, 3.05) is 7.11 Å². The Labute approximate surface area is 83.3 Å². The lowest BCUT2D eigenvalue weighted by Gasteiger charge is -2.07. The molecular formula is C11H14O3. The highest BCUT2D eigenvalue weighted by atomic mass is 16.5. The molecular weight excluding hydrogens is 180 g/mol. The van der Waals surface area contributed by atoms with Crippen molar-refractivity contribution in [1.29, 1.82) is 0 Å². The minimum Gasteiger partial charge on any atom is -0.496 e. The van der Waals surface area contributed by atoms with E-state index in [9.17, 15) is 9.90 Å². The number of aldehydes is 1. The van der Waals surface area contributed by atoms with E-state index in [-0.39, 0.29) is 0 Å². The van der Waals surface area contributed by atoms with Gasteiger partial charge in [-0.05, 0) is 31.0 Å². The van der Waals surface area contributed by atoms with Crippen LogP contribution in [0, 0.1) is 0 Å². The number of benzene rings is 1. The number of hydrogen-bond donors (Lipinski definition) is 1. The molecule has 0 aliphatic rings. The lowest BCUT2D eigenvalue weighted by molar-refractivity contribution is 0.112. The molecule has 0 radical (unpaired) electrons. The molecule has 0 heterocycles. The average Bonchev–Trinajstić information content (AvgIpc) is 2.16. The van der Waals surface area contributed by atoms with Gasteiger partial charge in [0.05, 0.1) is 18.8 Å². The fourth-order valence-electron chi connectivity index (χ4n) is 1.34. The molecule has 0 saturated carbocycles. The monoisotopic (exact) mass is 194 g/mol. The van der Waals surface area contributed by atoms with Crippen molar-refractivity contribution in [1.82, 2.24) is 0 Å². The predicted molar refractivity (Wildman–Crippen MR) is 53.8 cm³/mol. The first-order chi connectivity index (χ1) is 6.67. The Kier molecular flexibility index (Phi) is 3.65. The second kappa shape index (κ2) is 4.77. The molecule has 1 aromatic rings. The van der Waals surface area contributed by atoms with Gasteiger partial charge in [0, 0.05) is 0 Å². The Hall–Kier alpha value is -1.35. The Morgan fingerprint density at radius 2 is 2.29 bits per heavy atom. The normalized spacial score (nSPS) is 12.2. The first-order valence-corrected chi connectivity index (χ1v) is 4.47. The second-order valence-corrected chi connectivity index (χ2v) is 3.25. The van der Waals surface area contributed by atoms with Crippen LogP contribution >= 0.6 is 0 Å². The van der Waals surface area contributed by atoms with Gasteiger partial charge in [0.15, 0.2) is 6.29 Å². The molecule has 1 atom stereocenters. The van der Waals surface area contributed by atoms with E-state index >= 15 is 0 Å². The zero-order valence-electron chi connectivity index (χ0n) is 8.36. The summed E-state index contributed by atoms with van der Waals surface area (Å²) in [6.07, 6.45) is 0.901. The standard InChI is InChI=1S/C11H14O3/c1-8(13)5-9-3-4-11(14-2)10(6-9)7-12/h3-4,6-8,13H,5H2,1-2H3. The Balaban J connectivity index is 2.95. The highest BCUT2D eigenvalue weighted by Gasteiger charge is 2.05. The third-order valence-corrected chi connectivity index (χ3v) is 1.95. The third kappa shape index (κ3) is 2.57. The van der Waals surface area contributed by atoms with Gasteiger partial charge in [-0.1, -0.05) is 6.07 Å². The van der Waals surface area contributed by atoms with Crippen LogP contribution in [0.5, 0.6) is 5.75 Å². The molecule has 3 nitrogen and oxygen atoms in total. The van der Waals surface area contributed by atoms with E-state index in [0.29, 0.717) is 17.7 Å². The number of aliphatic hydroxyl groups is 1. The molecule has 1 aromatic carbocycles. The molecule has 0 aromatic heterocycles. The van der Waals surface area contributed by atoms with E-state index in [2.05, 4.69) is 0 Å². The average molecular weight is 194 g/mol. The van der Waals surface area contributed by atoms with Crippen LogP contribution in [0.3, 0.4) is 0 Å². The fourth-order valence-corrected chi connectivity index (χ4v) is 1.34. The summed E-state index contributed by atoms with van der Waals surface area (Å²) in [6.45, 7) is 1.71. The van der Waals surface area contributed by atoms with Crippen LogP contribution in [0.4, 0.5) is 0 Å². The molecule has 0 aliphatic heterocycles. The van der Waals surface area contributed by atoms with Gasteiger partial charge in [0.2, 0.25) is 0 Å². The number of carbonyl (C=O) groups excluding carboxylic acids is 1. The van der Waals surface area contributed by atoms with Crippen molar-refractivity contribution in [2.45, 2.75) is 19.4 Å². The molecule has 1 N–H and O–H groups in total. The van der Waals surface area contributed by atoms with E-state index in [1.54, 1.807) is 19.1 Å². The SMILES string of the molecule is COc1ccc(CC(C)O)cc1C=O. The molecule has 0 aliphatic carbocycles. The fraction of sp³-hybridized carbons (Fsp3) is 0.364. The molecule has 0 spiro atoms. The summed E-state index contributed by atoms with van der Waals surface area (Å²) in [5.41, 5.74) is 1.45. The molecule has 0 bridgehead atoms. The molecule has 14 heavy (non-hydrogen) atoms. The largest absolute Gasteiger partial charge is 0.496 e. The maximum Gasteiger partial charge on any atom is 0.153 e. The number of hydrogen-bond acceptors (Lipinski definition) is 3. The second-order valence-electron chi connectivity index (χ2n) is 3.25. The summed E-state index contributed by atoms with van der Waals surface area (Å²) in [5, 5.41) is 9.18. The summed E-state index contributed by atoms with van der Waals surface area (Å²) in [6, 6.07) is 5.32. The highest BCUT2D eigenvalue weighted by Crippen LogP contribution is 2.18. The molecule has 0 fully saturated rings. The van der Waals surface area contributed by atoms with Crippen molar-refractivity contribution in [3.8, 4) is 5.75 Å². The number of ether oxygens (including phenoxy) is 1. The van der Waals surface area contributed by atoms with Gasteiger partial charge < -0.3 is 9.84 Å². The summed E-state index contributed by atoms with van der Waals surface area (Å²) in [5.74, 6) is 0.564. The lowest BCUT2D eigenvalue weighted by atomic mass is 10.1. The summed E-state index contributed by atoms with van der Waals surface area (Å²) >= 11 is 0. The van der Waals surface area contributed by atoms with Crippen LogP contribution in [0.15, 0.2) is 18.2 Å². The molecule has 1 unspecified atom stereocenters. The molecule has 0 saturated heterocycles. The van der Waals surface area contributed by atoms with Crippen LogP contribution in [-0.4, -0.2) is 24.6 Å². The van der Waals surface area contributed by atoms with Gasteiger partial charge >= 0.3 is 0 Å². The highest BCUT2D eigenvalue weighted by molar-refractivity contribution is 5.79. The van der Waals surface area contributed by atoms with Crippen molar-refractivity contribution < 1.29 is 14.6 Å². The molecule has 1 rings (SSSR count). The van der Waals surface area contributed by atoms with Crippen molar-refractivity contribution in [3.05, 3.63) is 29.3 Å². The van der Waals surface area contributed by atoms with Crippen LogP contribution in [-0.2, 0) is 6.42 Å². The molecule has 76 valence electrons. The lowest BCUT2D eigenvalue weighted by Crippen LogP contribution is -2.04. The maximum absolute atomic E-state index is 10.7. The van der Waals surface area contributed by atoms with Crippen molar-refractivity contribution >= 4 is 6.29 Å². The predicted octanol–water partition coefficient (Wildman–Crippen LogP) is 1.43. The zero-order chi connectivity index (χ0) is 10.6. The number of methoxy groups -OCH3 is 1. The van der Waals surface area contributed by atoms with E-state index in [1.807, 2.05) is 6.07 Å². The first kappa shape index (κ1) is 10.7. The maximum atomic E-state index is 10.7. The van der Waals surface area contributed by atoms with Crippen molar-refractivity contribution in [2.24, 2.45) is 0 Å². The van der Waals surface area contributed by atoms with Gasteiger partial charge in [-0.2, -0.15) is 0 Å². The zero-order valence-corrected chi connectivity index (χ0v) is 8.36. The van der Waals surface area contributed by atoms with Crippen LogP contribution < -0.4 is 4.74 Å². The van der Waals surface area contributed by atoms with E-state index < -0.39 is 6.10 Å². The third-order valence-electron chi connectivity index (χ3n) is 1.95. The van der Waals surface area contributed by atoms with Crippen LogP contribution in [0.25, 0.3) is 0 Å². The molecule has 0 amide bonds. The van der Waals surface area contributed by atoms with Gasteiger partial charge in [-0.15, -0.1) is 0 Å². The summed E-state index contributed by atoms with van der Waals surface area (Å²) in [4.78, 5) is 10.7. The first-order valence-electron chi connectivity index (χ1n) is 4.47. The Morgan fingerprint density at radius 1 is 1.57 bits per heavy atom. The minimum absolute atomic E-state index is 0.400. The number of rotatable bonds is 4. The molecule has 3 heteroatoms. The topological polar surface area (TPSA) is 46.5 Å².